The SMILES string of the molecule is C=CCC(CC)(CC=C)c1cccc(O)c1O. The predicted octanol–water partition coefficient (Wildman–Crippen LogP) is 3.90. The molecule has 0 fully saturated rings. The number of hydrogen-bond acceptors (Lipinski definition) is 2. The molecule has 0 aliphatic carbocycles. The standard InChI is InChI=1S/C15H20O2/c1-4-10-15(6-3,11-5-2)12-8-7-9-13(16)14(12)17/h4-5,7-9,16-17H,1-2,6,10-11H2,3H3. The van der Waals surface area contributed by atoms with Gasteiger partial charge >= 0.3 is 0 Å². The monoisotopic (exact) mass is 232 g/mol. The Balaban J connectivity index is 3.33. The zero-order valence-corrected chi connectivity index (χ0v) is 10.3. The highest BCUT2D eigenvalue weighted by molar-refractivity contribution is 5.48. The summed E-state index contributed by atoms with van der Waals surface area (Å²) in [5.41, 5.74) is 0.534. The van der Waals surface area contributed by atoms with Crippen LogP contribution in [-0.4, -0.2) is 10.2 Å². The molecule has 92 valence electrons. The lowest BCUT2D eigenvalue weighted by atomic mass is 9.72. The van der Waals surface area contributed by atoms with Crippen molar-refractivity contribution in [2.75, 3.05) is 0 Å². The van der Waals surface area contributed by atoms with E-state index in [-0.39, 0.29) is 16.9 Å². The van der Waals surface area contributed by atoms with Gasteiger partial charge in [0.25, 0.3) is 0 Å². The lowest BCUT2D eigenvalue weighted by molar-refractivity contribution is 0.361. The van der Waals surface area contributed by atoms with Gasteiger partial charge in [0.15, 0.2) is 11.5 Å². The quantitative estimate of drug-likeness (QED) is 0.577. The third-order valence-corrected chi connectivity index (χ3v) is 3.33. The van der Waals surface area contributed by atoms with Gasteiger partial charge in [-0.05, 0) is 25.3 Å². The average Bonchev–Trinajstić information content (AvgIpc) is 2.32. The van der Waals surface area contributed by atoms with E-state index in [1.165, 1.54) is 6.07 Å². The Morgan fingerprint density at radius 3 is 2.24 bits per heavy atom. The van der Waals surface area contributed by atoms with Crippen molar-refractivity contribution in [2.45, 2.75) is 31.6 Å². The van der Waals surface area contributed by atoms with Gasteiger partial charge < -0.3 is 10.2 Å². The van der Waals surface area contributed by atoms with Gasteiger partial charge in [-0.2, -0.15) is 0 Å². The van der Waals surface area contributed by atoms with E-state index >= 15 is 0 Å². The molecule has 0 aliphatic heterocycles. The Labute approximate surface area is 103 Å². The summed E-state index contributed by atoms with van der Waals surface area (Å²) in [4.78, 5) is 0. The summed E-state index contributed by atoms with van der Waals surface area (Å²) in [5, 5.41) is 19.6. The highest BCUT2D eigenvalue weighted by Crippen LogP contribution is 2.43. The lowest BCUT2D eigenvalue weighted by Crippen LogP contribution is -2.24. The van der Waals surface area contributed by atoms with E-state index in [9.17, 15) is 10.2 Å². The molecule has 0 atom stereocenters. The summed E-state index contributed by atoms with van der Waals surface area (Å²) < 4.78 is 0. The summed E-state index contributed by atoms with van der Waals surface area (Å²) in [7, 11) is 0. The van der Waals surface area contributed by atoms with Crippen LogP contribution >= 0.6 is 0 Å². The highest BCUT2D eigenvalue weighted by Gasteiger charge is 2.31. The number of allylic oxidation sites excluding steroid dienone is 2. The molecule has 1 aromatic carbocycles. The molecular weight excluding hydrogens is 212 g/mol. The van der Waals surface area contributed by atoms with Crippen LogP contribution in [0.25, 0.3) is 0 Å². The number of para-hydroxylation sites is 1. The average molecular weight is 232 g/mol. The zero-order valence-electron chi connectivity index (χ0n) is 10.3. The van der Waals surface area contributed by atoms with Crippen molar-refractivity contribution in [3.8, 4) is 11.5 Å². The Hall–Kier alpha value is -1.70. The smallest absolute Gasteiger partial charge is 0.161 e. The fraction of sp³-hybridized carbons (Fsp3) is 0.333. The fourth-order valence-corrected chi connectivity index (χ4v) is 2.29. The van der Waals surface area contributed by atoms with Gasteiger partial charge in [0.2, 0.25) is 0 Å². The molecule has 0 spiro atoms. The summed E-state index contributed by atoms with van der Waals surface area (Å²) in [6, 6.07) is 5.09. The molecule has 2 heteroatoms. The van der Waals surface area contributed by atoms with Crippen molar-refractivity contribution in [3.63, 3.8) is 0 Å². The molecule has 1 rings (SSSR count). The van der Waals surface area contributed by atoms with Crippen LogP contribution in [-0.2, 0) is 5.41 Å². The molecule has 0 aromatic heterocycles. The number of phenols is 2. The maximum atomic E-state index is 10.00. The maximum Gasteiger partial charge on any atom is 0.161 e. The van der Waals surface area contributed by atoms with E-state index in [0.29, 0.717) is 0 Å². The summed E-state index contributed by atoms with van der Waals surface area (Å²) >= 11 is 0. The van der Waals surface area contributed by atoms with Gasteiger partial charge in [0, 0.05) is 11.0 Å². The van der Waals surface area contributed by atoms with Crippen LogP contribution in [0.5, 0.6) is 11.5 Å². The van der Waals surface area contributed by atoms with E-state index in [0.717, 1.165) is 24.8 Å². The Bertz CT molecular complexity index is 397. The minimum absolute atomic E-state index is 0.0296. The van der Waals surface area contributed by atoms with E-state index in [1.807, 2.05) is 18.2 Å². The van der Waals surface area contributed by atoms with Gasteiger partial charge in [0.05, 0.1) is 0 Å². The second-order valence-electron chi connectivity index (χ2n) is 4.29. The van der Waals surface area contributed by atoms with Crippen LogP contribution in [0, 0.1) is 0 Å². The second kappa shape index (κ2) is 5.58. The van der Waals surface area contributed by atoms with Gasteiger partial charge in [-0.1, -0.05) is 31.2 Å². The number of hydrogen-bond donors (Lipinski definition) is 2. The Morgan fingerprint density at radius 1 is 1.18 bits per heavy atom. The molecule has 0 bridgehead atoms. The first-order valence-corrected chi connectivity index (χ1v) is 5.84. The van der Waals surface area contributed by atoms with Crippen molar-refractivity contribution in [2.24, 2.45) is 0 Å². The number of phenolic OH excluding ortho intramolecular Hbond substituents is 2. The van der Waals surface area contributed by atoms with Crippen LogP contribution < -0.4 is 0 Å². The van der Waals surface area contributed by atoms with E-state index in [4.69, 9.17) is 0 Å². The molecule has 17 heavy (non-hydrogen) atoms. The topological polar surface area (TPSA) is 40.5 Å². The van der Waals surface area contributed by atoms with Gasteiger partial charge in [-0.25, -0.2) is 0 Å². The molecule has 0 amide bonds. The van der Waals surface area contributed by atoms with Gasteiger partial charge in [-0.3, -0.25) is 0 Å². The highest BCUT2D eigenvalue weighted by atomic mass is 16.3. The molecule has 0 heterocycles. The minimum Gasteiger partial charge on any atom is -0.504 e. The first-order chi connectivity index (χ1) is 8.11. The van der Waals surface area contributed by atoms with Crippen LogP contribution in [0.1, 0.15) is 31.7 Å². The molecule has 0 aliphatic rings. The van der Waals surface area contributed by atoms with Crippen LogP contribution in [0.3, 0.4) is 0 Å². The molecule has 0 saturated heterocycles. The van der Waals surface area contributed by atoms with Crippen molar-refractivity contribution in [1.29, 1.82) is 0 Å². The molecule has 0 radical (unpaired) electrons. The zero-order chi connectivity index (χ0) is 12.9. The summed E-state index contributed by atoms with van der Waals surface area (Å²) in [5.74, 6) is -0.105. The Kier molecular flexibility index (Phi) is 4.38. The van der Waals surface area contributed by atoms with Crippen LogP contribution in [0.15, 0.2) is 43.5 Å². The van der Waals surface area contributed by atoms with E-state index in [1.54, 1.807) is 6.07 Å². The fourth-order valence-electron chi connectivity index (χ4n) is 2.29. The summed E-state index contributed by atoms with van der Waals surface area (Å²) in [6.07, 6.45) is 6.02. The first-order valence-electron chi connectivity index (χ1n) is 5.84. The third-order valence-electron chi connectivity index (χ3n) is 3.33. The lowest BCUT2D eigenvalue weighted by Gasteiger charge is -2.32. The number of benzene rings is 1. The second-order valence-corrected chi connectivity index (χ2v) is 4.29. The number of aromatic hydroxyl groups is 2. The van der Waals surface area contributed by atoms with E-state index < -0.39 is 0 Å². The normalized spacial score (nSPS) is 11.1. The van der Waals surface area contributed by atoms with Crippen molar-refractivity contribution in [1.82, 2.24) is 0 Å². The Morgan fingerprint density at radius 2 is 1.76 bits per heavy atom. The van der Waals surface area contributed by atoms with Crippen molar-refractivity contribution < 1.29 is 10.2 Å². The summed E-state index contributed by atoms with van der Waals surface area (Å²) in [6.45, 7) is 9.62. The maximum absolute atomic E-state index is 10.00. The van der Waals surface area contributed by atoms with E-state index in [2.05, 4.69) is 20.1 Å². The van der Waals surface area contributed by atoms with Crippen molar-refractivity contribution >= 4 is 0 Å². The third kappa shape index (κ3) is 2.52. The predicted molar refractivity (Wildman–Crippen MR) is 71.4 cm³/mol. The molecule has 0 saturated carbocycles. The first kappa shape index (κ1) is 13.4. The molecule has 2 nitrogen and oxygen atoms in total. The van der Waals surface area contributed by atoms with Crippen LogP contribution in [0.2, 0.25) is 0 Å². The molecule has 2 N–H and O–H groups in total. The number of rotatable bonds is 6. The molecular formula is C15H20O2. The molecule has 0 unspecified atom stereocenters. The van der Waals surface area contributed by atoms with Gasteiger partial charge in [-0.15, -0.1) is 13.2 Å². The minimum atomic E-state index is -0.230. The van der Waals surface area contributed by atoms with Crippen molar-refractivity contribution in [3.05, 3.63) is 49.1 Å². The largest absolute Gasteiger partial charge is 0.504 e. The molecule has 1 aromatic rings. The van der Waals surface area contributed by atoms with Crippen LogP contribution in [0.4, 0.5) is 0 Å². The van der Waals surface area contributed by atoms with Gasteiger partial charge in [0.1, 0.15) is 0 Å².